The highest BCUT2D eigenvalue weighted by molar-refractivity contribution is 6.67. The highest BCUT2D eigenvalue weighted by Gasteiger charge is 2.21. The molecule has 0 atom stereocenters. The van der Waals surface area contributed by atoms with Crippen LogP contribution in [0.25, 0.3) is 0 Å². The second-order valence-electron chi connectivity index (χ2n) is 5.76. The van der Waals surface area contributed by atoms with Crippen molar-refractivity contribution in [2.24, 2.45) is 5.92 Å². The first kappa shape index (κ1) is 14.6. The van der Waals surface area contributed by atoms with Crippen molar-refractivity contribution in [1.29, 1.82) is 0 Å². The van der Waals surface area contributed by atoms with Crippen LogP contribution >= 0.6 is 11.6 Å². The van der Waals surface area contributed by atoms with Crippen LogP contribution in [0.4, 0.5) is 0 Å². The number of unbranched alkanes of at least 4 members (excludes halogenated alkanes) is 1. The molecule has 0 saturated heterocycles. The lowest BCUT2D eigenvalue weighted by atomic mass is 9.77. The third-order valence-electron chi connectivity index (χ3n) is 4.42. The van der Waals surface area contributed by atoms with Gasteiger partial charge < -0.3 is 0 Å². The monoisotopic (exact) mass is 278 g/mol. The molecule has 0 spiro atoms. The van der Waals surface area contributed by atoms with Crippen LogP contribution < -0.4 is 0 Å². The molecule has 19 heavy (non-hydrogen) atoms. The molecule has 0 bridgehead atoms. The Balaban J connectivity index is 1.88. The molecule has 104 valence electrons. The number of hydrogen-bond acceptors (Lipinski definition) is 1. The van der Waals surface area contributed by atoms with E-state index >= 15 is 0 Å². The smallest absolute Gasteiger partial charge is 0.252 e. The third kappa shape index (κ3) is 4.07. The van der Waals surface area contributed by atoms with Gasteiger partial charge in [0.2, 0.25) is 0 Å². The summed E-state index contributed by atoms with van der Waals surface area (Å²) in [6.07, 6.45) is 9.41. The number of carbonyl (C=O) groups is 1. The van der Waals surface area contributed by atoms with Crippen LogP contribution in [0.15, 0.2) is 24.3 Å². The Morgan fingerprint density at radius 2 is 1.79 bits per heavy atom. The minimum Gasteiger partial charge on any atom is -0.276 e. The maximum atomic E-state index is 11.0. The zero-order chi connectivity index (χ0) is 13.7. The molecular weight excluding hydrogens is 256 g/mol. The molecular formula is C17H23ClO. The number of halogens is 1. The molecule has 0 aromatic heterocycles. The van der Waals surface area contributed by atoms with Crippen molar-refractivity contribution in [3.05, 3.63) is 35.4 Å². The van der Waals surface area contributed by atoms with E-state index in [0.717, 1.165) is 5.92 Å². The van der Waals surface area contributed by atoms with E-state index in [9.17, 15) is 4.79 Å². The third-order valence-corrected chi connectivity index (χ3v) is 4.64. The topological polar surface area (TPSA) is 17.1 Å². The summed E-state index contributed by atoms with van der Waals surface area (Å²) in [6, 6.07) is 7.86. The molecule has 0 unspecified atom stereocenters. The summed E-state index contributed by atoms with van der Waals surface area (Å²) in [5, 5.41) is -0.366. The zero-order valence-electron chi connectivity index (χ0n) is 11.7. The number of benzene rings is 1. The van der Waals surface area contributed by atoms with Gasteiger partial charge in [-0.1, -0.05) is 38.3 Å². The Labute approximate surface area is 121 Å². The minimum absolute atomic E-state index is 0.366. The highest BCUT2D eigenvalue weighted by Crippen LogP contribution is 2.37. The lowest BCUT2D eigenvalue weighted by molar-refractivity contribution is 0.108. The van der Waals surface area contributed by atoms with Gasteiger partial charge in [0, 0.05) is 5.56 Å². The molecule has 1 aromatic carbocycles. The fraction of sp³-hybridized carbons (Fsp3) is 0.588. The lowest BCUT2D eigenvalue weighted by Crippen LogP contribution is -2.13. The van der Waals surface area contributed by atoms with Crippen LogP contribution in [0.1, 0.15) is 73.7 Å². The molecule has 0 radical (unpaired) electrons. The molecule has 1 aliphatic carbocycles. The van der Waals surface area contributed by atoms with Gasteiger partial charge in [0.1, 0.15) is 0 Å². The summed E-state index contributed by atoms with van der Waals surface area (Å²) in [5.74, 6) is 1.62. The molecule has 0 aliphatic heterocycles. The Morgan fingerprint density at radius 3 is 2.32 bits per heavy atom. The molecule has 1 fully saturated rings. The van der Waals surface area contributed by atoms with Crippen LogP contribution in [-0.4, -0.2) is 5.24 Å². The van der Waals surface area contributed by atoms with Crippen LogP contribution in [-0.2, 0) is 0 Å². The summed E-state index contributed by atoms with van der Waals surface area (Å²) in [7, 11) is 0. The first-order valence-electron chi connectivity index (χ1n) is 7.50. The Morgan fingerprint density at radius 1 is 1.16 bits per heavy atom. The average molecular weight is 279 g/mol. The fourth-order valence-electron chi connectivity index (χ4n) is 3.16. The molecule has 1 nitrogen and oxygen atoms in total. The first-order chi connectivity index (χ1) is 9.20. The molecule has 2 heteroatoms. The zero-order valence-corrected chi connectivity index (χ0v) is 12.5. The van der Waals surface area contributed by atoms with Gasteiger partial charge in [-0.25, -0.2) is 0 Å². The lowest BCUT2D eigenvalue weighted by Gasteiger charge is -2.28. The standard InChI is InChI=1S/C17H23ClO/c1-2-3-4-13-5-7-14(8-6-13)15-9-11-16(12-10-15)17(18)19/h9-14H,2-8H2,1H3. The Bertz CT molecular complexity index is 402. The van der Waals surface area contributed by atoms with E-state index in [1.807, 2.05) is 12.1 Å². The maximum Gasteiger partial charge on any atom is 0.252 e. The predicted molar refractivity (Wildman–Crippen MR) is 80.8 cm³/mol. The maximum absolute atomic E-state index is 11.0. The SMILES string of the molecule is CCCCC1CCC(c2ccc(C(=O)Cl)cc2)CC1. The van der Waals surface area contributed by atoms with Gasteiger partial charge in [0.15, 0.2) is 0 Å². The Hall–Kier alpha value is -0.820. The number of rotatable bonds is 5. The Kier molecular flexibility index (Phi) is 5.45. The molecule has 0 N–H and O–H groups in total. The van der Waals surface area contributed by atoms with E-state index < -0.39 is 0 Å². The summed E-state index contributed by atoms with van der Waals surface area (Å²) in [5.41, 5.74) is 1.97. The van der Waals surface area contributed by atoms with Gasteiger partial charge in [0.05, 0.1) is 0 Å². The largest absolute Gasteiger partial charge is 0.276 e. The normalized spacial score (nSPS) is 23.3. The van der Waals surface area contributed by atoms with E-state index in [1.54, 1.807) is 0 Å². The first-order valence-corrected chi connectivity index (χ1v) is 7.88. The molecule has 0 heterocycles. The number of carbonyl (C=O) groups excluding carboxylic acids is 1. The van der Waals surface area contributed by atoms with Crippen molar-refractivity contribution in [2.75, 3.05) is 0 Å². The van der Waals surface area contributed by atoms with Crippen LogP contribution in [0.5, 0.6) is 0 Å². The van der Waals surface area contributed by atoms with Crippen molar-refractivity contribution >= 4 is 16.8 Å². The van der Waals surface area contributed by atoms with Crippen molar-refractivity contribution < 1.29 is 4.79 Å². The fourth-order valence-corrected chi connectivity index (χ4v) is 3.29. The molecule has 0 amide bonds. The highest BCUT2D eigenvalue weighted by atomic mass is 35.5. The molecule has 1 saturated carbocycles. The van der Waals surface area contributed by atoms with Crippen LogP contribution in [0.3, 0.4) is 0 Å². The van der Waals surface area contributed by atoms with Gasteiger partial charge in [-0.15, -0.1) is 0 Å². The molecule has 1 aliphatic rings. The van der Waals surface area contributed by atoms with E-state index in [4.69, 9.17) is 11.6 Å². The summed E-state index contributed by atoms with van der Waals surface area (Å²) < 4.78 is 0. The van der Waals surface area contributed by atoms with Crippen LogP contribution in [0, 0.1) is 5.92 Å². The van der Waals surface area contributed by atoms with E-state index in [1.165, 1.54) is 50.5 Å². The second-order valence-corrected chi connectivity index (χ2v) is 6.10. The summed E-state index contributed by atoms with van der Waals surface area (Å²) >= 11 is 5.47. The summed E-state index contributed by atoms with van der Waals surface area (Å²) in [6.45, 7) is 2.27. The van der Waals surface area contributed by atoms with Gasteiger partial charge in [0.25, 0.3) is 5.24 Å². The van der Waals surface area contributed by atoms with Crippen molar-refractivity contribution in [2.45, 2.75) is 57.8 Å². The molecule has 2 rings (SSSR count). The van der Waals surface area contributed by atoms with Gasteiger partial charge in [-0.2, -0.15) is 0 Å². The predicted octanol–water partition coefficient (Wildman–Crippen LogP) is 5.53. The van der Waals surface area contributed by atoms with Crippen molar-refractivity contribution in [3.63, 3.8) is 0 Å². The number of hydrogen-bond donors (Lipinski definition) is 0. The molecule has 1 aromatic rings. The second kappa shape index (κ2) is 7.09. The van der Waals surface area contributed by atoms with E-state index in [0.29, 0.717) is 11.5 Å². The van der Waals surface area contributed by atoms with Gasteiger partial charge >= 0.3 is 0 Å². The van der Waals surface area contributed by atoms with Crippen molar-refractivity contribution in [1.82, 2.24) is 0 Å². The summed E-state index contributed by atoms with van der Waals surface area (Å²) in [4.78, 5) is 11.0. The van der Waals surface area contributed by atoms with Gasteiger partial charge in [-0.05, 0) is 66.8 Å². The van der Waals surface area contributed by atoms with Crippen molar-refractivity contribution in [3.8, 4) is 0 Å². The van der Waals surface area contributed by atoms with E-state index in [-0.39, 0.29) is 5.24 Å². The van der Waals surface area contributed by atoms with Gasteiger partial charge in [-0.3, -0.25) is 4.79 Å². The average Bonchev–Trinajstić information content (AvgIpc) is 2.46. The van der Waals surface area contributed by atoms with E-state index in [2.05, 4.69) is 19.1 Å². The van der Waals surface area contributed by atoms with Crippen LogP contribution in [0.2, 0.25) is 0 Å². The quantitative estimate of drug-likeness (QED) is 0.647. The minimum atomic E-state index is -0.366.